The van der Waals surface area contributed by atoms with Crippen LogP contribution in [0.3, 0.4) is 0 Å². The lowest BCUT2D eigenvalue weighted by Gasteiger charge is -2.21. The minimum absolute atomic E-state index is 0.124. The summed E-state index contributed by atoms with van der Waals surface area (Å²) in [4.78, 5) is 16.2. The van der Waals surface area contributed by atoms with Gasteiger partial charge in [0.15, 0.2) is 5.69 Å². The average molecular weight is 327 g/mol. The molecule has 122 valence electrons. The number of rotatable bonds is 3. The molecule has 1 saturated heterocycles. The molecule has 23 heavy (non-hydrogen) atoms. The van der Waals surface area contributed by atoms with E-state index in [1.165, 1.54) is 28.0 Å². The van der Waals surface area contributed by atoms with Crippen LogP contribution in [-0.2, 0) is 6.18 Å². The largest absolute Gasteiger partial charge is 0.476 e. The Morgan fingerprint density at radius 3 is 2.83 bits per heavy atom. The van der Waals surface area contributed by atoms with Gasteiger partial charge in [0.25, 0.3) is 0 Å². The second-order valence-corrected chi connectivity index (χ2v) is 5.15. The summed E-state index contributed by atoms with van der Waals surface area (Å²) in [5.41, 5.74) is -0.984. The number of pyridine rings is 1. The number of carboxylic acids is 1. The number of alkyl halides is 3. The van der Waals surface area contributed by atoms with Crippen LogP contribution < -0.4 is 4.90 Å². The van der Waals surface area contributed by atoms with Crippen LogP contribution >= 0.6 is 0 Å². The summed E-state index contributed by atoms with van der Waals surface area (Å²) in [6, 6.07) is 1.99. The molecule has 1 fully saturated rings. The van der Waals surface area contributed by atoms with Gasteiger partial charge in [0.05, 0.1) is 17.8 Å². The number of carboxylic acid groups (broad SMARTS) is 1. The molecular formula is C13H12F3N5O2. The van der Waals surface area contributed by atoms with E-state index < -0.39 is 17.7 Å². The molecule has 1 unspecified atom stereocenters. The van der Waals surface area contributed by atoms with E-state index in [1.807, 2.05) is 0 Å². The van der Waals surface area contributed by atoms with E-state index in [-0.39, 0.29) is 24.1 Å². The Hall–Kier alpha value is -2.65. The fourth-order valence-electron chi connectivity index (χ4n) is 2.57. The zero-order chi connectivity index (χ0) is 16.6. The molecule has 7 nitrogen and oxygen atoms in total. The number of halogens is 3. The van der Waals surface area contributed by atoms with Gasteiger partial charge in [0.2, 0.25) is 0 Å². The number of hydrogen-bond donors (Lipinski definition) is 1. The minimum atomic E-state index is -4.48. The van der Waals surface area contributed by atoms with Gasteiger partial charge in [0.1, 0.15) is 5.82 Å². The zero-order valence-corrected chi connectivity index (χ0v) is 11.7. The van der Waals surface area contributed by atoms with Crippen molar-refractivity contribution in [3.8, 4) is 0 Å². The molecule has 0 saturated carbocycles. The van der Waals surface area contributed by atoms with Crippen LogP contribution in [0, 0.1) is 0 Å². The summed E-state index contributed by atoms with van der Waals surface area (Å²) < 4.78 is 40.5. The molecular weight excluding hydrogens is 315 g/mol. The van der Waals surface area contributed by atoms with E-state index in [0.29, 0.717) is 13.0 Å². The average Bonchev–Trinajstić information content (AvgIpc) is 3.15. The van der Waals surface area contributed by atoms with E-state index in [9.17, 15) is 18.0 Å². The maximum absolute atomic E-state index is 13.1. The van der Waals surface area contributed by atoms with Crippen LogP contribution in [0.4, 0.5) is 19.0 Å². The number of aromatic carboxylic acids is 1. The summed E-state index contributed by atoms with van der Waals surface area (Å²) in [5, 5.41) is 16.1. The number of nitrogens with zero attached hydrogens (tertiary/aromatic N) is 5. The van der Waals surface area contributed by atoms with Crippen LogP contribution in [0.1, 0.15) is 28.5 Å². The summed E-state index contributed by atoms with van der Waals surface area (Å²) in [7, 11) is 0. The quantitative estimate of drug-likeness (QED) is 0.926. The van der Waals surface area contributed by atoms with Gasteiger partial charge >= 0.3 is 12.1 Å². The Labute approximate surface area is 128 Å². The molecule has 0 spiro atoms. The Morgan fingerprint density at radius 1 is 1.39 bits per heavy atom. The molecule has 0 aliphatic carbocycles. The second-order valence-electron chi connectivity index (χ2n) is 5.15. The fourth-order valence-corrected chi connectivity index (χ4v) is 2.57. The molecule has 1 atom stereocenters. The van der Waals surface area contributed by atoms with Crippen molar-refractivity contribution in [2.24, 2.45) is 0 Å². The highest BCUT2D eigenvalue weighted by atomic mass is 19.4. The Bertz CT molecular complexity index is 730. The predicted molar refractivity (Wildman–Crippen MR) is 72.1 cm³/mol. The normalized spacial score (nSPS) is 18.4. The standard InChI is InChI=1S/C13H12F3N5O2/c14-13(15,16)9-2-1-4-17-11(9)20-5-3-8(6-20)21-7-10(12(22)23)18-19-21/h1-2,4,7-8H,3,5-6H2,(H,22,23). The monoisotopic (exact) mass is 327 g/mol. The second kappa shape index (κ2) is 5.52. The molecule has 0 amide bonds. The topological polar surface area (TPSA) is 84.1 Å². The van der Waals surface area contributed by atoms with Gasteiger partial charge in [-0.1, -0.05) is 5.21 Å². The van der Waals surface area contributed by atoms with Crippen LogP contribution in [0.25, 0.3) is 0 Å². The third kappa shape index (κ3) is 2.96. The highest BCUT2D eigenvalue weighted by Crippen LogP contribution is 2.37. The van der Waals surface area contributed by atoms with Crippen LogP contribution in [0.5, 0.6) is 0 Å². The SMILES string of the molecule is O=C(O)c1cn(C2CCN(c3ncccc3C(F)(F)F)C2)nn1. The molecule has 0 aromatic carbocycles. The van der Waals surface area contributed by atoms with Crippen molar-refractivity contribution in [3.63, 3.8) is 0 Å². The maximum atomic E-state index is 13.1. The van der Waals surface area contributed by atoms with Gasteiger partial charge in [-0.25, -0.2) is 14.5 Å². The molecule has 3 heterocycles. The summed E-state index contributed by atoms with van der Waals surface area (Å²) in [6.07, 6.45) is -1.36. The van der Waals surface area contributed by atoms with E-state index in [1.54, 1.807) is 0 Å². The van der Waals surface area contributed by atoms with Gasteiger partial charge < -0.3 is 10.0 Å². The molecule has 10 heteroatoms. The molecule has 2 aromatic heterocycles. The Morgan fingerprint density at radius 2 is 2.17 bits per heavy atom. The molecule has 0 radical (unpaired) electrons. The van der Waals surface area contributed by atoms with E-state index in [0.717, 1.165) is 6.07 Å². The molecule has 0 bridgehead atoms. The highest BCUT2D eigenvalue weighted by molar-refractivity contribution is 5.84. The van der Waals surface area contributed by atoms with E-state index in [4.69, 9.17) is 5.11 Å². The van der Waals surface area contributed by atoms with Crippen molar-refractivity contribution in [3.05, 3.63) is 35.8 Å². The van der Waals surface area contributed by atoms with Gasteiger partial charge in [-0.2, -0.15) is 13.2 Å². The Balaban J connectivity index is 1.81. The Kier molecular flexibility index (Phi) is 3.66. The third-order valence-corrected chi connectivity index (χ3v) is 3.66. The summed E-state index contributed by atoms with van der Waals surface area (Å²) in [5.74, 6) is -1.32. The molecule has 1 aliphatic heterocycles. The van der Waals surface area contributed by atoms with Crippen molar-refractivity contribution in [1.29, 1.82) is 0 Å². The van der Waals surface area contributed by atoms with E-state index in [2.05, 4.69) is 15.3 Å². The number of anilines is 1. The van der Waals surface area contributed by atoms with Crippen molar-refractivity contribution in [2.45, 2.75) is 18.6 Å². The first kappa shape index (κ1) is 15.3. The minimum Gasteiger partial charge on any atom is -0.476 e. The van der Waals surface area contributed by atoms with Crippen molar-refractivity contribution < 1.29 is 23.1 Å². The number of aromatic nitrogens is 4. The fraction of sp³-hybridized carbons (Fsp3) is 0.385. The molecule has 2 aromatic rings. The van der Waals surface area contributed by atoms with Crippen LogP contribution in [0.15, 0.2) is 24.5 Å². The summed E-state index contributed by atoms with van der Waals surface area (Å²) in [6.45, 7) is 0.621. The van der Waals surface area contributed by atoms with Gasteiger partial charge in [-0.3, -0.25) is 0 Å². The highest BCUT2D eigenvalue weighted by Gasteiger charge is 2.37. The first-order valence-electron chi connectivity index (χ1n) is 6.78. The van der Waals surface area contributed by atoms with Crippen LogP contribution in [-0.4, -0.2) is 44.1 Å². The number of hydrogen-bond acceptors (Lipinski definition) is 5. The summed E-state index contributed by atoms with van der Waals surface area (Å²) >= 11 is 0. The van der Waals surface area contributed by atoms with Crippen molar-refractivity contribution in [1.82, 2.24) is 20.0 Å². The first-order valence-corrected chi connectivity index (χ1v) is 6.78. The van der Waals surface area contributed by atoms with Gasteiger partial charge in [0, 0.05) is 19.3 Å². The zero-order valence-electron chi connectivity index (χ0n) is 11.7. The molecule has 1 N–H and O–H groups in total. The lowest BCUT2D eigenvalue weighted by Crippen LogP contribution is -2.25. The first-order chi connectivity index (χ1) is 10.9. The predicted octanol–water partition coefficient (Wildman–Crippen LogP) is 1.84. The van der Waals surface area contributed by atoms with Gasteiger partial charge in [-0.15, -0.1) is 5.10 Å². The van der Waals surface area contributed by atoms with Crippen molar-refractivity contribution >= 4 is 11.8 Å². The van der Waals surface area contributed by atoms with E-state index >= 15 is 0 Å². The third-order valence-electron chi connectivity index (χ3n) is 3.66. The molecule has 3 rings (SSSR count). The van der Waals surface area contributed by atoms with Crippen LogP contribution in [0.2, 0.25) is 0 Å². The van der Waals surface area contributed by atoms with Gasteiger partial charge in [-0.05, 0) is 18.6 Å². The lowest BCUT2D eigenvalue weighted by atomic mass is 10.2. The number of carbonyl (C=O) groups is 1. The van der Waals surface area contributed by atoms with Crippen molar-refractivity contribution in [2.75, 3.05) is 18.0 Å². The molecule has 1 aliphatic rings. The lowest BCUT2D eigenvalue weighted by molar-refractivity contribution is -0.137. The smallest absolute Gasteiger partial charge is 0.419 e. The maximum Gasteiger partial charge on any atom is 0.419 e.